The number of fused-ring (bicyclic) bond motifs is 1. The molecule has 1 aliphatic carbocycles. The average molecular weight is 229 g/mol. The van der Waals surface area contributed by atoms with Gasteiger partial charge in [0.2, 0.25) is 0 Å². The Bertz CT molecular complexity index is 432. The van der Waals surface area contributed by atoms with Gasteiger partial charge in [-0.1, -0.05) is 30.3 Å². The van der Waals surface area contributed by atoms with Crippen molar-refractivity contribution in [3.8, 4) is 0 Å². The van der Waals surface area contributed by atoms with Gasteiger partial charge in [0.05, 0.1) is 5.60 Å². The lowest BCUT2D eigenvalue weighted by molar-refractivity contribution is -0.180. The molecule has 2 heteroatoms. The fourth-order valence-electron chi connectivity index (χ4n) is 3.77. The van der Waals surface area contributed by atoms with Crippen LogP contribution in [0.1, 0.15) is 44.1 Å². The molecule has 4 rings (SSSR count). The van der Waals surface area contributed by atoms with Gasteiger partial charge in [0.1, 0.15) is 0 Å². The monoisotopic (exact) mass is 229 g/mol. The molecule has 90 valence electrons. The Morgan fingerprint density at radius 3 is 2.76 bits per heavy atom. The largest absolute Gasteiger partial charge is 0.291 e. The molecule has 0 amide bonds. The number of rotatable bonds is 1. The second kappa shape index (κ2) is 3.33. The maximum absolute atomic E-state index is 6.30. The SMILES string of the molecule is C[C@@H]1CC[C@H]2C[C@]3(C[C@H]3c3ccccc3)ON21. The van der Waals surface area contributed by atoms with E-state index in [0.717, 1.165) is 0 Å². The minimum atomic E-state index is 0.167. The van der Waals surface area contributed by atoms with E-state index in [9.17, 15) is 0 Å². The summed E-state index contributed by atoms with van der Waals surface area (Å²) in [5.74, 6) is 0.640. The second-order valence-corrected chi connectivity index (χ2v) is 5.97. The molecule has 0 aromatic heterocycles. The molecule has 0 bridgehead atoms. The molecule has 1 saturated carbocycles. The van der Waals surface area contributed by atoms with E-state index in [0.29, 0.717) is 18.0 Å². The first-order valence-electron chi connectivity index (χ1n) is 6.81. The Morgan fingerprint density at radius 1 is 1.18 bits per heavy atom. The predicted molar refractivity (Wildman–Crippen MR) is 66.6 cm³/mol. The maximum atomic E-state index is 6.30. The van der Waals surface area contributed by atoms with Crippen LogP contribution in [0.25, 0.3) is 0 Å². The summed E-state index contributed by atoms with van der Waals surface area (Å²) in [6.07, 6.45) is 5.09. The van der Waals surface area contributed by atoms with Crippen molar-refractivity contribution in [1.29, 1.82) is 0 Å². The first-order valence-corrected chi connectivity index (χ1v) is 6.81. The van der Waals surface area contributed by atoms with Gasteiger partial charge in [0, 0.05) is 18.0 Å². The first-order chi connectivity index (χ1) is 8.28. The highest BCUT2D eigenvalue weighted by Crippen LogP contribution is 2.62. The number of hydroxylamine groups is 2. The van der Waals surface area contributed by atoms with Crippen LogP contribution < -0.4 is 0 Å². The summed E-state index contributed by atoms with van der Waals surface area (Å²) in [4.78, 5) is 6.30. The third-order valence-corrected chi connectivity index (χ3v) is 4.81. The van der Waals surface area contributed by atoms with Crippen molar-refractivity contribution in [3.05, 3.63) is 35.9 Å². The normalized spacial score (nSPS) is 44.2. The van der Waals surface area contributed by atoms with Gasteiger partial charge in [0.25, 0.3) is 0 Å². The van der Waals surface area contributed by atoms with Gasteiger partial charge in [-0.05, 0) is 38.2 Å². The first kappa shape index (κ1) is 10.1. The van der Waals surface area contributed by atoms with E-state index in [1.54, 1.807) is 0 Å². The fraction of sp³-hybridized carbons (Fsp3) is 0.600. The summed E-state index contributed by atoms with van der Waals surface area (Å²) in [6.45, 7) is 2.29. The molecule has 2 heterocycles. The standard InChI is InChI=1S/C15H19NO/c1-11-7-8-13-9-15(17-16(11)13)10-14(15)12-5-3-2-4-6-12/h2-6,11,13-14H,7-10H2,1H3/t11-,13+,14+,15-/m1/s1. The number of benzene rings is 1. The van der Waals surface area contributed by atoms with Crippen LogP contribution in [0, 0.1) is 0 Å². The molecular weight excluding hydrogens is 210 g/mol. The van der Waals surface area contributed by atoms with E-state index in [4.69, 9.17) is 4.84 Å². The van der Waals surface area contributed by atoms with E-state index < -0.39 is 0 Å². The molecule has 0 radical (unpaired) electrons. The summed E-state index contributed by atoms with van der Waals surface area (Å²) in [6, 6.07) is 12.2. The molecule has 4 atom stereocenters. The predicted octanol–water partition coefficient (Wildman–Crippen LogP) is 3.10. The Kier molecular flexibility index (Phi) is 1.98. The quantitative estimate of drug-likeness (QED) is 0.733. The van der Waals surface area contributed by atoms with E-state index in [2.05, 4.69) is 42.3 Å². The van der Waals surface area contributed by atoms with Crippen molar-refractivity contribution in [2.45, 2.75) is 56.2 Å². The zero-order valence-corrected chi connectivity index (χ0v) is 10.3. The van der Waals surface area contributed by atoms with Crippen molar-refractivity contribution in [3.63, 3.8) is 0 Å². The number of nitrogens with zero attached hydrogens (tertiary/aromatic N) is 1. The molecule has 0 N–H and O–H groups in total. The van der Waals surface area contributed by atoms with Crippen LogP contribution in [0.3, 0.4) is 0 Å². The summed E-state index contributed by atoms with van der Waals surface area (Å²) < 4.78 is 0. The highest BCUT2D eigenvalue weighted by atomic mass is 16.7. The van der Waals surface area contributed by atoms with Gasteiger partial charge < -0.3 is 0 Å². The molecule has 2 saturated heterocycles. The Hall–Kier alpha value is -0.860. The minimum absolute atomic E-state index is 0.167. The molecular formula is C15H19NO. The van der Waals surface area contributed by atoms with E-state index >= 15 is 0 Å². The summed E-state index contributed by atoms with van der Waals surface area (Å²) in [5, 5.41) is 2.29. The van der Waals surface area contributed by atoms with E-state index in [1.165, 1.54) is 31.2 Å². The third-order valence-electron chi connectivity index (χ3n) is 4.81. The number of hydrogen-bond donors (Lipinski definition) is 0. The minimum Gasteiger partial charge on any atom is -0.291 e. The topological polar surface area (TPSA) is 12.5 Å². The summed E-state index contributed by atoms with van der Waals surface area (Å²) in [5.41, 5.74) is 1.63. The lowest BCUT2D eigenvalue weighted by atomic mass is 10.0. The number of hydrogen-bond acceptors (Lipinski definition) is 2. The van der Waals surface area contributed by atoms with Gasteiger partial charge in [-0.2, -0.15) is 5.06 Å². The van der Waals surface area contributed by atoms with Gasteiger partial charge in [-0.15, -0.1) is 0 Å². The zero-order valence-electron chi connectivity index (χ0n) is 10.3. The van der Waals surface area contributed by atoms with Crippen molar-refractivity contribution in [2.24, 2.45) is 0 Å². The van der Waals surface area contributed by atoms with Crippen LogP contribution in [0.15, 0.2) is 30.3 Å². The Labute approximate surface area is 103 Å². The van der Waals surface area contributed by atoms with Crippen LogP contribution in [-0.4, -0.2) is 22.7 Å². The molecule has 3 aliphatic rings. The maximum Gasteiger partial charge on any atom is 0.0991 e. The van der Waals surface area contributed by atoms with Crippen LogP contribution >= 0.6 is 0 Å². The fourth-order valence-corrected chi connectivity index (χ4v) is 3.77. The van der Waals surface area contributed by atoms with Crippen LogP contribution in [0.5, 0.6) is 0 Å². The van der Waals surface area contributed by atoms with Gasteiger partial charge in [0.15, 0.2) is 0 Å². The molecule has 1 aromatic carbocycles. The molecule has 17 heavy (non-hydrogen) atoms. The van der Waals surface area contributed by atoms with Crippen molar-refractivity contribution in [2.75, 3.05) is 0 Å². The molecule has 0 unspecified atom stereocenters. The van der Waals surface area contributed by atoms with E-state index in [-0.39, 0.29) is 5.60 Å². The van der Waals surface area contributed by atoms with E-state index in [1.807, 2.05) is 0 Å². The molecule has 2 nitrogen and oxygen atoms in total. The summed E-state index contributed by atoms with van der Waals surface area (Å²) in [7, 11) is 0. The second-order valence-electron chi connectivity index (χ2n) is 5.97. The summed E-state index contributed by atoms with van der Waals surface area (Å²) >= 11 is 0. The van der Waals surface area contributed by atoms with Crippen LogP contribution in [0.4, 0.5) is 0 Å². The average Bonchev–Trinajstić information content (AvgIpc) is 2.77. The Balaban J connectivity index is 1.55. The van der Waals surface area contributed by atoms with Crippen LogP contribution in [0.2, 0.25) is 0 Å². The van der Waals surface area contributed by atoms with Crippen molar-refractivity contribution < 1.29 is 4.84 Å². The highest BCUT2D eigenvalue weighted by molar-refractivity contribution is 5.32. The molecule has 3 fully saturated rings. The van der Waals surface area contributed by atoms with Crippen molar-refractivity contribution >= 4 is 0 Å². The highest BCUT2D eigenvalue weighted by Gasteiger charge is 2.64. The molecule has 1 aromatic rings. The van der Waals surface area contributed by atoms with Gasteiger partial charge >= 0.3 is 0 Å². The Morgan fingerprint density at radius 2 is 2.00 bits per heavy atom. The van der Waals surface area contributed by atoms with Gasteiger partial charge in [-0.3, -0.25) is 4.84 Å². The van der Waals surface area contributed by atoms with Crippen molar-refractivity contribution in [1.82, 2.24) is 5.06 Å². The van der Waals surface area contributed by atoms with Crippen LogP contribution in [-0.2, 0) is 4.84 Å². The third kappa shape index (κ3) is 1.40. The zero-order chi connectivity index (χ0) is 11.5. The lowest BCUT2D eigenvalue weighted by Gasteiger charge is -2.20. The molecule has 2 aliphatic heterocycles. The molecule has 1 spiro atoms. The van der Waals surface area contributed by atoms with Gasteiger partial charge in [-0.25, -0.2) is 0 Å². The smallest absolute Gasteiger partial charge is 0.0991 e. The lowest BCUT2D eigenvalue weighted by Crippen LogP contribution is -2.28.